The minimum absolute atomic E-state index is 0.00933. The van der Waals surface area contributed by atoms with Gasteiger partial charge in [0.05, 0.1) is 18.7 Å². The number of esters is 1. The van der Waals surface area contributed by atoms with Gasteiger partial charge in [-0.15, -0.1) is 0 Å². The summed E-state index contributed by atoms with van der Waals surface area (Å²) in [4.78, 5) is 15.9. The van der Waals surface area contributed by atoms with E-state index in [0.717, 1.165) is 9.86 Å². The molecule has 0 radical (unpaired) electrons. The second-order valence-corrected chi connectivity index (χ2v) is 5.24. The normalized spacial score (nSPS) is 10.8. The van der Waals surface area contributed by atoms with Crippen LogP contribution in [-0.2, 0) is 4.74 Å². The third-order valence-corrected chi connectivity index (χ3v) is 2.98. The zero-order chi connectivity index (χ0) is 14.0. The molecule has 0 aliphatic rings. The lowest BCUT2D eigenvalue weighted by atomic mass is 10.2. The summed E-state index contributed by atoms with van der Waals surface area (Å²) >= 11 is 3.42. The van der Waals surface area contributed by atoms with Gasteiger partial charge in [0.15, 0.2) is 5.69 Å². The van der Waals surface area contributed by atoms with Crippen LogP contribution < -0.4 is 4.74 Å². The molecule has 1 heterocycles. The van der Waals surface area contributed by atoms with Gasteiger partial charge in [-0.25, -0.2) is 9.78 Å². The summed E-state index contributed by atoms with van der Waals surface area (Å²) in [6.07, 6.45) is 0.00933. The fraction of sp³-hybridized carbons (Fsp3) is 0.286. The van der Waals surface area contributed by atoms with Gasteiger partial charge in [-0.3, -0.25) is 0 Å². The third kappa shape index (κ3) is 3.04. The molecule has 0 spiro atoms. The van der Waals surface area contributed by atoms with Crippen LogP contribution in [0, 0.1) is 0 Å². The fourth-order valence-electron chi connectivity index (χ4n) is 1.73. The number of hydrogen-bond acceptors (Lipinski definition) is 4. The number of pyridine rings is 1. The summed E-state index contributed by atoms with van der Waals surface area (Å²) in [6, 6.07) is 7.23. The van der Waals surface area contributed by atoms with Gasteiger partial charge in [0, 0.05) is 15.9 Å². The zero-order valence-corrected chi connectivity index (χ0v) is 12.5. The average Bonchev–Trinajstić information content (AvgIpc) is 2.37. The van der Waals surface area contributed by atoms with Crippen molar-refractivity contribution < 1.29 is 14.3 Å². The molecule has 1 aromatic heterocycles. The summed E-state index contributed by atoms with van der Waals surface area (Å²) in [7, 11) is 1.33. The highest BCUT2D eigenvalue weighted by Crippen LogP contribution is 2.29. The number of rotatable bonds is 3. The van der Waals surface area contributed by atoms with Crippen molar-refractivity contribution in [1.82, 2.24) is 4.98 Å². The molecule has 0 atom stereocenters. The van der Waals surface area contributed by atoms with Crippen molar-refractivity contribution in [3.8, 4) is 5.75 Å². The topological polar surface area (TPSA) is 48.4 Å². The minimum Gasteiger partial charge on any atom is -0.490 e. The lowest BCUT2D eigenvalue weighted by molar-refractivity contribution is 0.0593. The van der Waals surface area contributed by atoms with Crippen LogP contribution >= 0.6 is 15.9 Å². The number of carbonyl (C=O) groups is 1. The molecular weight excluding hydrogens is 310 g/mol. The first-order chi connectivity index (χ1) is 9.01. The summed E-state index contributed by atoms with van der Waals surface area (Å²) < 4.78 is 11.4. The third-order valence-electron chi connectivity index (χ3n) is 2.49. The van der Waals surface area contributed by atoms with E-state index in [-0.39, 0.29) is 11.8 Å². The second-order valence-electron chi connectivity index (χ2n) is 4.33. The molecule has 0 aliphatic carbocycles. The van der Waals surface area contributed by atoms with Gasteiger partial charge in [0.2, 0.25) is 0 Å². The van der Waals surface area contributed by atoms with E-state index in [0.29, 0.717) is 11.3 Å². The highest BCUT2D eigenvalue weighted by molar-refractivity contribution is 9.10. The Kier molecular flexibility index (Phi) is 4.04. The van der Waals surface area contributed by atoms with Crippen molar-refractivity contribution in [3.63, 3.8) is 0 Å². The van der Waals surface area contributed by atoms with E-state index < -0.39 is 5.97 Å². The molecule has 2 rings (SSSR count). The molecule has 0 aliphatic heterocycles. The number of halogens is 1. The van der Waals surface area contributed by atoms with Crippen molar-refractivity contribution in [2.45, 2.75) is 20.0 Å². The molecule has 0 saturated heterocycles. The van der Waals surface area contributed by atoms with Crippen molar-refractivity contribution >= 4 is 32.8 Å². The SMILES string of the molecule is COC(=O)c1cc(OC(C)C)c2cc(Br)ccc2n1. The lowest BCUT2D eigenvalue weighted by Gasteiger charge is -2.13. The van der Waals surface area contributed by atoms with Gasteiger partial charge in [-0.05, 0) is 32.0 Å². The molecule has 1 aromatic carbocycles. The number of methoxy groups -OCH3 is 1. The van der Waals surface area contributed by atoms with Gasteiger partial charge in [0.25, 0.3) is 0 Å². The number of ether oxygens (including phenoxy) is 2. The molecule has 0 amide bonds. The second kappa shape index (κ2) is 5.57. The predicted molar refractivity (Wildman–Crippen MR) is 76.5 cm³/mol. The van der Waals surface area contributed by atoms with Gasteiger partial charge in [-0.2, -0.15) is 0 Å². The summed E-state index contributed by atoms with van der Waals surface area (Å²) in [5, 5.41) is 0.857. The molecule has 100 valence electrons. The van der Waals surface area contributed by atoms with E-state index in [2.05, 4.69) is 20.9 Å². The van der Waals surface area contributed by atoms with Crippen LogP contribution in [0.4, 0.5) is 0 Å². The van der Waals surface area contributed by atoms with E-state index in [9.17, 15) is 4.79 Å². The van der Waals surface area contributed by atoms with Crippen LogP contribution in [-0.4, -0.2) is 24.2 Å². The highest BCUT2D eigenvalue weighted by Gasteiger charge is 2.14. The smallest absolute Gasteiger partial charge is 0.356 e. The van der Waals surface area contributed by atoms with Crippen LogP contribution in [0.15, 0.2) is 28.7 Å². The first kappa shape index (κ1) is 13.8. The Morgan fingerprint density at radius 3 is 2.68 bits per heavy atom. The number of aromatic nitrogens is 1. The Morgan fingerprint density at radius 2 is 2.05 bits per heavy atom. The maximum Gasteiger partial charge on any atom is 0.356 e. The molecule has 4 nitrogen and oxygen atoms in total. The molecule has 0 fully saturated rings. The summed E-state index contributed by atoms with van der Waals surface area (Å²) in [6.45, 7) is 3.87. The predicted octanol–water partition coefficient (Wildman–Crippen LogP) is 3.57. The molecule has 0 N–H and O–H groups in total. The van der Waals surface area contributed by atoms with E-state index in [4.69, 9.17) is 9.47 Å². The summed E-state index contributed by atoms with van der Waals surface area (Å²) in [5.41, 5.74) is 0.940. The first-order valence-corrected chi connectivity index (χ1v) is 6.66. The highest BCUT2D eigenvalue weighted by atomic mass is 79.9. The maximum absolute atomic E-state index is 11.6. The number of fused-ring (bicyclic) bond motifs is 1. The minimum atomic E-state index is -0.474. The van der Waals surface area contributed by atoms with Crippen LogP contribution in [0.1, 0.15) is 24.3 Å². The Balaban J connectivity index is 2.65. The maximum atomic E-state index is 11.6. The van der Waals surface area contributed by atoms with E-state index in [1.54, 1.807) is 6.07 Å². The Labute approximate surface area is 119 Å². The number of hydrogen-bond donors (Lipinski definition) is 0. The van der Waals surface area contributed by atoms with Crippen molar-refractivity contribution in [2.24, 2.45) is 0 Å². The van der Waals surface area contributed by atoms with Gasteiger partial charge in [-0.1, -0.05) is 15.9 Å². The van der Waals surface area contributed by atoms with E-state index in [1.165, 1.54) is 7.11 Å². The number of nitrogens with zero attached hydrogens (tertiary/aromatic N) is 1. The molecule has 0 saturated carbocycles. The largest absolute Gasteiger partial charge is 0.490 e. The molecule has 0 unspecified atom stereocenters. The fourth-order valence-corrected chi connectivity index (χ4v) is 2.09. The zero-order valence-electron chi connectivity index (χ0n) is 10.9. The van der Waals surface area contributed by atoms with Crippen molar-refractivity contribution in [3.05, 3.63) is 34.4 Å². The van der Waals surface area contributed by atoms with E-state index >= 15 is 0 Å². The Morgan fingerprint density at radius 1 is 1.32 bits per heavy atom. The Bertz CT molecular complexity index is 625. The number of carbonyl (C=O) groups excluding carboxylic acids is 1. The van der Waals surface area contributed by atoms with Gasteiger partial charge < -0.3 is 9.47 Å². The lowest BCUT2D eigenvalue weighted by Crippen LogP contribution is -2.09. The van der Waals surface area contributed by atoms with Gasteiger partial charge in [0.1, 0.15) is 5.75 Å². The summed E-state index contributed by atoms with van der Waals surface area (Å²) in [5.74, 6) is 0.153. The molecular formula is C14H14BrNO3. The van der Waals surface area contributed by atoms with Gasteiger partial charge >= 0.3 is 5.97 Å². The molecule has 0 bridgehead atoms. The van der Waals surface area contributed by atoms with Crippen molar-refractivity contribution in [2.75, 3.05) is 7.11 Å². The van der Waals surface area contributed by atoms with Crippen LogP contribution in [0.3, 0.4) is 0 Å². The van der Waals surface area contributed by atoms with Crippen LogP contribution in [0.25, 0.3) is 10.9 Å². The molecule has 2 aromatic rings. The van der Waals surface area contributed by atoms with Crippen molar-refractivity contribution in [1.29, 1.82) is 0 Å². The molecule has 5 heteroatoms. The quantitative estimate of drug-likeness (QED) is 0.810. The standard InChI is InChI=1S/C14H14BrNO3/c1-8(2)19-13-7-12(14(17)18-3)16-11-5-4-9(15)6-10(11)13/h4-8H,1-3H3. The molecule has 19 heavy (non-hydrogen) atoms. The number of benzene rings is 1. The van der Waals surface area contributed by atoms with Crippen LogP contribution in [0.5, 0.6) is 5.75 Å². The Hall–Kier alpha value is -1.62. The first-order valence-electron chi connectivity index (χ1n) is 5.86. The monoisotopic (exact) mass is 323 g/mol. The average molecular weight is 324 g/mol. The van der Waals surface area contributed by atoms with Crippen LogP contribution in [0.2, 0.25) is 0 Å². The van der Waals surface area contributed by atoms with E-state index in [1.807, 2.05) is 32.0 Å².